The predicted octanol–water partition coefficient (Wildman–Crippen LogP) is 6.81. The fraction of sp³-hybridized carbons (Fsp3) is 0.486. The number of hydrogen-bond donors (Lipinski definition) is 0. The minimum Gasteiger partial charge on any atom is -0.444 e. The largest absolute Gasteiger partial charge is 0.444 e. The SMILES string of the molecule is CC(C)(C)OC(=O)N1CCN(C(=O)N2CCC(Cn3ccc(-c4ccccc4)cc3=O)C3(CCCC3)C2)[C@H](c2ccccc2)C1. The Morgan fingerprint density at radius 3 is 2.22 bits per heavy atom. The summed E-state index contributed by atoms with van der Waals surface area (Å²) < 4.78 is 7.55. The van der Waals surface area contributed by atoms with E-state index in [1.54, 1.807) is 11.0 Å². The molecule has 2 aromatic carbocycles. The maximum atomic E-state index is 14.3. The molecule has 3 fully saturated rings. The first-order chi connectivity index (χ1) is 21.6. The van der Waals surface area contributed by atoms with Gasteiger partial charge in [-0.25, -0.2) is 9.59 Å². The van der Waals surface area contributed by atoms with E-state index in [4.69, 9.17) is 4.74 Å². The van der Waals surface area contributed by atoms with E-state index in [9.17, 15) is 14.4 Å². The van der Waals surface area contributed by atoms with Crippen LogP contribution in [0, 0.1) is 11.3 Å². The van der Waals surface area contributed by atoms with Crippen molar-refractivity contribution in [2.75, 3.05) is 32.7 Å². The molecule has 1 aliphatic carbocycles. The molecule has 1 aromatic heterocycles. The molecule has 1 saturated carbocycles. The summed E-state index contributed by atoms with van der Waals surface area (Å²) in [6.45, 7) is 8.96. The van der Waals surface area contributed by atoms with Gasteiger partial charge in [-0.2, -0.15) is 0 Å². The van der Waals surface area contributed by atoms with Gasteiger partial charge in [0.05, 0.1) is 6.04 Å². The fourth-order valence-corrected chi connectivity index (χ4v) is 7.65. The number of amides is 3. The van der Waals surface area contributed by atoms with Crippen LogP contribution in [0.3, 0.4) is 0 Å². The quantitative estimate of drug-likeness (QED) is 0.325. The van der Waals surface area contributed by atoms with Gasteiger partial charge in [0.1, 0.15) is 5.60 Å². The second-order valence-corrected chi connectivity index (χ2v) is 14.1. The molecule has 6 rings (SSSR count). The molecule has 1 spiro atoms. The van der Waals surface area contributed by atoms with Crippen LogP contribution in [0.4, 0.5) is 9.59 Å². The van der Waals surface area contributed by atoms with Crippen LogP contribution >= 0.6 is 0 Å². The van der Waals surface area contributed by atoms with Crippen molar-refractivity contribution in [3.05, 3.63) is 94.9 Å². The van der Waals surface area contributed by atoms with E-state index in [0.29, 0.717) is 45.2 Å². The number of hydrogen-bond acceptors (Lipinski definition) is 4. The van der Waals surface area contributed by atoms with Gasteiger partial charge < -0.3 is 24.0 Å². The Morgan fingerprint density at radius 2 is 1.56 bits per heavy atom. The molecule has 8 nitrogen and oxygen atoms in total. The number of aromatic nitrogens is 1. The molecule has 0 N–H and O–H groups in total. The predicted molar refractivity (Wildman–Crippen MR) is 176 cm³/mol. The van der Waals surface area contributed by atoms with Crippen molar-refractivity contribution in [2.24, 2.45) is 11.3 Å². The maximum Gasteiger partial charge on any atom is 0.410 e. The molecule has 0 radical (unpaired) electrons. The van der Waals surface area contributed by atoms with E-state index < -0.39 is 5.60 Å². The number of carbonyl (C=O) groups excluding carboxylic acids is 2. The number of piperazine rings is 1. The Hall–Kier alpha value is -4.07. The maximum absolute atomic E-state index is 14.3. The number of piperidine rings is 1. The van der Waals surface area contributed by atoms with Crippen molar-refractivity contribution in [2.45, 2.75) is 71.1 Å². The van der Waals surface area contributed by atoms with Gasteiger partial charge in [0.25, 0.3) is 5.56 Å². The van der Waals surface area contributed by atoms with Gasteiger partial charge in [-0.15, -0.1) is 0 Å². The Kier molecular flexibility index (Phi) is 8.76. The van der Waals surface area contributed by atoms with Crippen LogP contribution in [-0.2, 0) is 11.3 Å². The third-order valence-electron chi connectivity index (χ3n) is 9.97. The van der Waals surface area contributed by atoms with Crippen LogP contribution < -0.4 is 5.56 Å². The Labute approximate surface area is 266 Å². The molecule has 238 valence electrons. The van der Waals surface area contributed by atoms with Crippen molar-refractivity contribution in [1.82, 2.24) is 19.3 Å². The van der Waals surface area contributed by atoms with Gasteiger partial charge in [-0.3, -0.25) is 4.79 Å². The van der Waals surface area contributed by atoms with Gasteiger partial charge >= 0.3 is 12.1 Å². The first kappa shape index (κ1) is 30.9. The van der Waals surface area contributed by atoms with Crippen molar-refractivity contribution in [3.8, 4) is 11.1 Å². The number of likely N-dealkylation sites (tertiary alicyclic amines) is 1. The first-order valence-corrected chi connectivity index (χ1v) is 16.5. The highest BCUT2D eigenvalue weighted by molar-refractivity contribution is 5.76. The summed E-state index contributed by atoms with van der Waals surface area (Å²) in [5, 5.41) is 0. The van der Waals surface area contributed by atoms with Gasteiger partial charge in [-0.1, -0.05) is 73.5 Å². The molecule has 3 aromatic rings. The van der Waals surface area contributed by atoms with Gasteiger partial charge in [0.2, 0.25) is 0 Å². The van der Waals surface area contributed by atoms with Crippen molar-refractivity contribution < 1.29 is 14.3 Å². The number of rotatable bonds is 4. The van der Waals surface area contributed by atoms with Crippen LogP contribution in [0.2, 0.25) is 0 Å². The second-order valence-electron chi connectivity index (χ2n) is 14.1. The third kappa shape index (κ3) is 6.80. The van der Waals surface area contributed by atoms with Crippen LogP contribution in [0.15, 0.2) is 83.8 Å². The van der Waals surface area contributed by atoms with Crippen molar-refractivity contribution >= 4 is 12.1 Å². The Morgan fingerprint density at radius 1 is 0.867 bits per heavy atom. The molecular formula is C37H46N4O4. The Balaban J connectivity index is 1.18. The number of urea groups is 1. The molecule has 0 bridgehead atoms. The van der Waals surface area contributed by atoms with E-state index in [2.05, 4.69) is 4.90 Å². The lowest BCUT2D eigenvalue weighted by molar-refractivity contribution is -0.00220. The highest BCUT2D eigenvalue weighted by Gasteiger charge is 2.48. The van der Waals surface area contributed by atoms with Crippen LogP contribution in [0.1, 0.15) is 64.5 Å². The van der Waals surface area contributed by atoms with E-state index in [1.165, 1.54) is 0 Å². The standard InChI is InChI=1S/C37H46N4O4/c1-36(2,3)45-35(44)39-22-23-41(32(26-39)29-14-8-5-9-15-29)34(43)40-21-17-31(37(27-40)18-10-11-19-37)25-38-20-16-30(24-33(38)42)28-12-6-4-7-13-28/h4-9,12-16,20,24,31-32H,10-11,17-19,21-23,25-27H2,1-3H3/t31?,32-/m0/s1. The zero-order chi connectivity index (χ0) is 31.6. The lowest BCUT2D eigenvalue weighted by Crippen LogP contribution is -2.59. The van der Waals surface area contributed by atoms with Crippen molar-refractivity contribution in [3.63, 3.8) is 0 Å². The van der Waals surface area contributed by atoms with Crippen LogP contribution in [0.25, 0.3) is 11.1 Å². The molecule has 2 aliphatic heterocycles. The summed E-state index contributed by atoms with van der Waals surface area (Å²) in [6, 6.07) is 23.6. The number of pyridine rings is 1. The van der Waals surface area contributed by atoms with Crippen LogP contribution in [0.5, 0.6) is 0 Å². The average molecular weight is 611 g/mol. The monoisotopic (exact) mass is 610 g/mol. The topological polar surface area (TPSA) is 75.1 Å². The van der Waals surface area contributed by atoms with Gasteiger partial charge in [0.15, 0.2) is 0 Å². The zero-order valence-corrected chi connectivity index (χ0v) is 26.9. The molecule has 45 heavy (non-hydrogen) atoms. The first-order valence-electron chi connectivity index (χ1n) is 16.5. The molecule has 3 aliphatic rings. The summed E-state index contributed by atoms with van der Waals surface area (Å²) in [5.74, 6) is 0.332. The number of carbonyl (C=O) groups is 2. The molecule has 8 heteroatoms. The lowest BCUT2D eigenvalue weighted by atomic mass is 9.69. The minimum atomic E-state index is -0.582. The summed E-state index contributed by atoms with van der Waals surface area (Å²) in [7, 11) is 0. The smallest absolute Gasteiger partial charge is 0.410 e. The fourth-order valence-electron chi connectivity index (χ4n) is 7.65. The number of ether oxygens (including phenoxy) is 1. The average Bonchev–Trinajstić information content (AvgIpc) is 3.51. The normalized spacial score (nSPS) is 21.6. The van der Waals surface area contributed by atoms with Gasteiger partial charge in [-0.05, 0) is 74.1 Å². The highest BCUT2D eigenvalue weighted by Crippen LogP contribution is 2.49. The summed E-state index contributed by atoms with van der Waals surface area (Å²) >= 11 is 0. The molecule has 2 atom stereocenters. The zero-order valence-electron chi connectivity index (χ0n) is 26.9. The summed E-state index contributed by atoms with van der Waals surface area (Å²) in [5.41, 5.74) is 2.45. The van der Waals surface area contributed by atoms with E-state index in [-0.39, 0.29) is 29.1 Å². The van der Waals surface area contributed by atoms with E-state index in [1.807, 2.05) is 103 Å². The van der Waals surface area contributed by atoms with Crippen molar-refractivity contribution in [1.29, 1.82) is 0 Å². The second kappa shape index (κ2) is 12.7. The lowest BCUT2D eigenvalue weighted by Gasteiger charge is -2.49. The molecule has 3 heterocycles. The van der Waals surface area contributed by atoms with Gasteiger partial charge in [0, 0.05) is 51.5 Å². The highest BCUT2D eigenvalue weighted by atomic mass is 16.6. The third-order valence-corrected chi connectivity index (χ3v) is 9.97. The van der Waals surface area contributed by atoms with E-state index >= 15 is 0 Å². The number of nitrogens with zero attached hydrogens (tertiary/aromatic N) is 4. The molecule has 1 unspecified atom stereocenters. The minimum absolute atomic E-state index is 0.00598. The summed E-state index contributed by atoms with van der Waals surface area (Å²) in [6.07, 6.45) is 6.93. The van der Waals surface area contributed by atoms with Crippen LogP contribution in [-0.4, -0.2) is 69.7 Å². The number of benzene rings is 2. The molecular weight excluding hydrogens is 564 g/mol. The van der Waals surface area contributed by atoms with E-state index in [0.717, 1.165) is 48.8 Å². The molecule has 2 saturated heterocycles. The summed E-state index contributed by atoms with van der Waals surface area (Å²) in [4.78, 5) is 46.3. The molecule has 3 amide bonds. The Bertz CT molecular complexity index is 1540.